The molecule has 0 radical (unpaired) electrons. The first kappa shape index (κ1) is 22.6. The fourth-order valence-corrected chi connectivity index (χ4v) is 3.48. The quantitative estimate of drug-likeness (QED) is 0.366. The van der Waals surface area contributed by atoms with E-state index in [4.69, 9.17) is 27.6 Å². The number of pyridine rings is 1. The number of carbonyl (C=O) groups is 2. The van der Waals surface area contributed by atoms with Crippen LogP contribution in [-0.4, -0.2) is 16.8 Å². The number of hydrogen-bond donors (Lipinski definition) is 3. The van der Waals surface area contributed by atoms with Crippen molar-refractivity contribution in [2.45, 2.75) is 19.5 Å². The van der Waals surface area contributed by atoms with Gasteiger partial charge in [0, 0.05) is 29.3 Å². The fourth-order valence-electron chi connectivity index (χ4n) is 3.23. The van der Waals surface area contributed by atoms with Crippen LogP contribution in [0.15, 0.2) is 70.0 Å². The highest BCUT2D eigenvalue weighted by atomic mass is 35.5. The summed E-state index contributed by atoms with van der Waals surface area (Å²) in [6.07, 6.45) is 1.25. The van der Waals surface area contributed by atoms with E-state index in [-0.39, 0.29) is 35.5 Å². The lowest BCUT2D eigenvalue weighted by atomic mass is 10.2. The Kier molecular flexibility index (Phi) is 6.82. The Labute approximate surface area is 198 Å². The zero-order valence-electron chi connectivity index (χ0n) is 17.3. The van der Waals surface area contributed by atoms with E-state index in [1.54, 1.807) is 36.4 Å². The first-order chi connectivity index (χ1) is 15.9. The van der Waals surface area contributed by atoms with Crippen LogP contribution in [0.25, 0.3) is 11.1 Å². The number of H-pyrrole nitrogens is 1. The van der Waals surface area contributed by atoms with Gasteiger partial charge in [-0.2, -0.15) is 0 Å². The summed E-state index contributed by atoms with van der Waals surface area (Å²) in [4.78, 5) is 40.4. The molecule has 2 aromatic carbocycles. The van der Waals surface area contributed by atoms with Crippen LogP contribution in [0.1, 0.15) is 27.2 Å². The highest BCUT2D eigenvalue weighted by Gasteiger charge is 2.17. The third-order valence-electron chi connectivity index (χ3n) is 4.97. The predicted molar refractivity (Wildman–Crippen MR) is 126 cm³/mol. The zero-order chi connectivity index (χ0) is 23.4. The molecule has 0 unspecified atom stereocenters. The van der Waals surface area contributed by atoms with E-state index in [9.17, 15) is 14.4 Å². The van der Waals surface area contributed by atoms with Gasteiger partial charge in [-0.1, -0.05) is 47.5 Å². The van der Waals surface area contributed by atoms with E-state index in [2.05, 4.69) is 15.6 Å². The Balaban J connectivity index is 1.41. The molecule has 0 aliphatic heterocycles. The van der Waals surface area contributed by atoms with E-state index < -0.39 is 11.3 Å². The van der Waals surface area contributed by atoms with Gasteiger partial charge in [-0.3, -0.25) is 14.4 Å². The zero-order valence-corrected chi connectivity index (χ0v) is 18.8. The van der Waals surface area contributed by atoms with Gasteiger partial charge in [-0.15, -0.1) is 0 Å². The van der Waals surface area contributed by atoms with E-state index in [0.29, 0.717) is 22.4 Å². The third kappa shape index (κ3) is 5.63. The smallest absolute Gasteiger partial charge is 0.257 e. The summed E-state index contributed by atoms with van der Waals surface area (Å²) >= 11 is 11.7. The number of rotatable bonds is 7. The number of carbonyl (C=O) groups excluding carboxylic acids is 2. The number of halogens is 2. The summed E-state index contributed by atoms with van der Waals surface area (Å²) in [5.74, 6) is -0.473. The lowest BCUT2D eigenvalue weighted by Gasteiger charge is -2.05. The molecule has 4 aromatic rings. The number of amides is 2. The van der Waals surface area contributed by atoms with Crippen LogP contribution in [0.3, 0.4) is 0 Å². The summed E-state index contributed by atoms with van der Waals surface area (Å²) in [5, 5.41) is 6.92. The molecule has 0 aliphatic rings. The molecule has 33 heavy (non-hydrogen) atoms. The monoisotopic (exact) mass is 483 g/mol. The minimum Gasteiger partial charge on any atom is -0.444 e. The van der Waals surface area contributed by atoms with Gasteiger partial charge < -0.3 is 20.0 Å². The van der Waals surface area contributed by atoms with Crippen molar-refractivity contribution in [2.24, 2.45) is 0 Å². The molecule has 0 aliphatic carbocycles. The number of hydrogen-bond acceptors (Lipinski definition) is 4. The minimum atomic E-state index is -0.517. The third-order valence-corrected chi connectivity index (χ3v) is 5.47. The average Bonchev–Trinajstić information content (AvgIpc) is 3.22. The molecule has 168 valence electrons. The Bertz CT molecular complexity index is 1360. The van der Waals surface area contributed by atoms with Gasteiger partial charge in [0.1, 0.15) is 11.3 Å². The molecule has 0 fully saturated rings. The number of aromatic nitrogens is 1. The van der Waals surface area contributed by atoms with Gasteiger partial charge in [0.05, 0.1) is 11.8 Å². The number of benzene rings is 2. The Morgan fingerprint density at radius 2 is 1.45 bits per heavy atom. The van der Waals surface area contributed by atoms with Crippen LogP contribution in [0.2, 0.25) is 10.0 Å². The van der Waals surface area contributed by atoms with Crippen LogP contribution >= 0.6 is 23.2 Å². The van der Waals surface area contributed by atoms with Gasteiger partial charge in [0.15, 0.2) is 0 Å². The highest BCUT2D eigenvalue weighted by molar-refractivity contribution is 6.30. The number of furan rings is 1. The lowest BCUT2D eigenvalue weighted by Crippen LogP contribution is -2.28. The standard InChI is InChI=1S/C24H19Cl2N3O4/c25-16-5-1-14(2-6-16)11-27-21(30)10-18-9-19-22(31)20(13-29-24(19)33-18)23(32)28-12-15-3-7-17(26)8-4-15/h1-9,13H,10-12H2,(H,27,30)(H,28,32)(H,29,31). The van der Waals surface area contributed by atoms with E-state index in [1.807, 2.05) is 12.1 Å². The van der Waals surface area contributed by atoms with Crippen molar-refractivity contribution in [3.05, 3.63) is 104 Å². The predicted octanol–water partition coefficient (Wildman–Crippen LogP) is 4.22. The summed E-state index contributed by atoms with van der Waals surface area (Å²) in [7, 11) is 0. The fraction of sp³-hybridized carbons (Fsp3) is 0.125. The molecule has 4 rings (SSSR count). The molecule has 2 heterocycles. The molecule has 7 nitrogen and oxygen atoms in total. The van der Waals surface area contributed by atoms with Gasteiger partial charge in [0.25, 0.3) is 5.91 Å². The van der Waals surface area contributed by atoms with Crippen molar-refractivity contribution in [3.63, 3.8) is 0 Å². The maximum Gasteiger partial charge on any atom is 0.257 e. The molecule has 0 bridgehead atoms. The molecule has 2 amide bonds. The first-order valence-electron chi connectivity index (χ1n) is 10.1. The van der Waals surface area contributed by atoms with E-state index in [0.717, 1.165) is 11.1 Å². The van der Waals surface area contributed by atoms with Crippen molar-refractivity contribution < 1.29 is 14.0 Å². The summed E-state index contributed by atoms with van der Waals surface area (Å²) < 4.78 is 5.58. The second-order valence-electron chi connectivity index (χ2n) is 7.38. The largest absolute Gasteiger partial charge is 0.444 e. The molecular weight excluding hydrogens is 465 g/mol. The summed E-state index contributed by atoms with van der Waals surface area (Å²) in [6.45, 7) is 0.588. The van der Waals surface area contributed by atoms with Gasteiger partial charge in [-0.05, 0) is 41.5 Å². The second-order valence-corrected chi connectivity index (χ2v) is 8.25. The van der Waals surface area contributed by atoms with E-state index >= 15 is 0 Å². The Hall–Kier alpha value is -3.55. The van der Waals surface area contributed by atoms with Crippen molar-refractivity contribution in [3.8, 4) is 0 Å². The molecule has 3 N–H and O–H groups in total. The summed E-state index contributed by atoms with van der Waals surface area (Å²) in [5.41, 5.74) is 1.43. The van der Waals surface area contributed by atoms with Crippen molar-refractivity contribution in [1.82, 2.24) is 15.6 Å². The van der Waals surface area contributed by atoms with Crippen LogP contribution in [0.5, 0.6) is 0 Å². The molecule has 0 saturated carbocycles. The molecule has 9 heteroatoms. The molecule has 2 aromatic heterocycles. The van der Waals surface area contributed by atoms with Crippen molar-refractivity contribution >= 4 is 46.1 Å². The Morgan fingerprint density at radius 3 is 2.06 bits per heavy atom. The molecule has 0 atom stereocenters. The molecule has 0 spiro atoms. The van der Waals surface area contributed by atoms with Crippen LogP contribution in [0.4, 0.5) is 0 Å². The topological polar surface area (TPSA) is 104 Å². The van der Waals surface area contributed by atoms with Crippen LogP contribution in [0, 0.1) is 0 Å². The first-order valence-corrected chi connectivity index (χ1v) is 10.8. The highest BCUT2D eigenvalue weighted by Crippen LogP contribution is 2.16. The Morgan fingerprint density at radius 1 is 0.879 bits per heavy atom. The van der Waals surface area contributed by atoms with Crippen molar-refractivity contribution in [2.75, 3.05) is 0 Å². The van der Waals surface area contributed by atoms with Crippen LogP contribution < -0.4 is 16.1 Å². The summed E-state index contributed by atoms with van der Waals surface area (Å²) in [6, 6.07) is 15.6. The number of nitrogens with one attached hydrogen (secondary N) is 3. The molecular formula is C24H19Cl2N3O4. The SMILES string of the molecule is O=C(Cc1cc2c(=O)c(C(=O)NCc3ccc(Cl)cc3)c[nH]c2o1)NCc1ccc(Cl)cc1. The van der Waals surface area contributed by atoms with Gasteiger partial charge >= 0.3 is 0 Å². The minimum absolute atomic E-state index is 0.0454. The second kappa shape index (κ2) is 9.94. The van der Waals surface area contributed by atoms with Crippen molar-refractivity contribution in [1.29, 1.82) is 0 Å². The number of fused-ring (bicyclic) bond motifs is 1. The average molecular weight is 484 g/mol. The maximum atomic E-state index is 12.8. The van der Waals surface area contributed by atoms with Gasteiger partial charge in [0.2, 0.25) is 17.0 Å². The van der Waals surface area contributed by atoms with E-state index in [1.165, 1.54) is 12.3 Å². The van der Waals surface area contributed by atoms with Gasteiger partial charge in [-0.25, -0.2) is 0 Å². The normalized spacial score (nSPS) is 10.8. The number of aromatic amines is 1. The lowest BCUT2D eigenvalue weighted by molar-refractivity contribution is -0.120. The molecule has 0 saturated heterocycles. The maximum absolute atomic E-state index is 12.8. The van der Waals surface area contributed by atoms with Crippen LogP contribution in [-0.2, 0) is 24.3 Å².